The topological polar surface area (TPSA) is 115 Å². The van der Waals surface area contributed by atoms with Crippen LogP contribution in [0.5, 0.6) is 5.75 Å². The van der Waals surface area contributed by atoms with E-state index in [0.29, 0.717) is 15.8 Å². The van der Waals surface area contributed by atoms with Crippen molar-refractivity contribution < 1.29 is 30.0 Å². The van der Waals surface area contributed by atoms with Crippen molar-refractivity contribution >= 4 is 34.4 Å². The summed E-state index contributed by atoms with van der Waals surface area (Å²) in [6.45, 7) is 0. The number of aliphatic carboxylic acids is 2. The predicted molar refractivity (Wildman–Crippen MR) is 102 cm³/mol. The first-order chi connectivity index (χ1) is 13.4. The molecular weight excluding hydrogens is 360 g/mol. The van der Waals surface area contributed by atoms with Crippen molar-refractivity contribution in [2.24, 2.45) is 5.41 Å². The summed E-state index contributed by atoms with van der Waals surface area (Å²) in [6.07, 6.45) is -0.849. The molecule has 0 bridgehead atoms. The van der Waals surface area contributed by atoms with E-state index in [1.807, 2.05) is 12.1 Å². The average molecular weight is 376 g/mol. The minimum Gasteiger partial charge on any atom is -0.507 e. The highest BCUT2D eigenvalue weighted by atomic mass is 16.4. The zero-order valence-electron chi connectivity index (χ0n) is 14.5. The number of phenols is 1. The molecule has 6 heteroatoms. The summed E-state index contributed by atoms with van der Waals surface area (Å²) in [6, 6.07) is 16.9. The van der Waals surface area contributed by atoms with Crippen molar-refractivity contribution in [3.8, 4) is 5.75 Å². The molecule has 4 N–H and O–H groups in total. The molecule has 0 heterocycles. The molecule has 6 nitrogen and oxygen atoms in total. The van der Waals surface area contributed by atoms with Gasteiger partial charge in [0.2, 0.25) is 5.41 Å². The second kappa shape index (κ2) is 6.21. The van der Waals surface area contributed by atoms with E-state index in [2.05, 4.69) is 0 Å². The second-order valence-electron chi connectivity index (χ2n) is 6.71. The zero-order chi connectivity index (χ0) is 20.1. The Bertz CT molecular complexity index is 1240. The smallest absolute Gasteiger partial charge is 0.328 e. The monoisotopic (exact) mass is 376 g/mol. The van der Waals surface area contributed by atoms with Gasteiger partial charge in [-0.3, -0.25) is 9.59 Å². The normalized spacial score (nSPS) is 17.6. The number of hydrogen-bond donors (Lipinski definition) is 4. The Morgan fingerprint density at radius 3 is 2.21 bits per heavy atom. The zero-order valence-corrected chi connectivity index (χ0v) is 14.5. The number of benzene rings is 3. The number of aromatic hydroxyl groups is 1. The first kappa shape index (κ1) is 17.8. The van der Waals surface area contributed by atoms with Gasteiger partial charge in [0.1, 0.15) is 11.9 Å². The summed E-state index contributed by atoms with van der Waals surface area (Å²) in [5, 5.41) is 43.4. The number of phenolic OH excluding ortho intramolecular Hbond substituents is 1. The van der Waals surface area contributed by atoms with Crippen LogP contribution in [0.3, 0.4) is 0 Å². The van der Waals surface area contributed by atoms with Gasteiger partial charge < -0.3 is 20.4 Å². The Kier molecular flexibility index (Phi) is 3.94. The molecule has 0 saturated carbocycles. The van der Waals surface area contributed by atoms with E-state index < -0.39 is 23.5 Å². The van der Waals surface area contributed by atoms with Gasteiger partial charge in [0.05, 0.1) is 0 Å². The lowest BCUT2D eigenvalue weighted by Crippen LogP contribution is -2.54. The minimum atomic E-state index is -2.58. The largest absolute Gasteiger partial charge is 0.507 e. The van der Waals surface area contributed by atoms with Gasteiger partial charge in [0.25, 0.3) is 0 Å². The number of carboxylic acids is 2. The fourth-order valence-corrected chi connectivity index (χ4v) is 3.83. The number of carboxylic acid groups (broad SMARTS) is 2. The highest BCUT2D eigenvalue weighted by molar-refractivity contribution is 6.10. The van der Waals surface area contributed by atoms with Gasteiger partial charge in [-0.1, -0.05) is 54.6 Å². The number of aliphatic hydroxyl groups excluding tert-OH is 1. The van der Waals surface area contributed by atoms with Crippen LogP contribution < -0.4 is 10.4 Å². The van der Waals surface area contributed by atoms with Gasteiger partial charge in [-0.15, -0.1) is 0 Å². The molecule has 28 heavy (non-hydrogen) atoms. The Hall–Kier alpha value is -3.64. The number of fused-ring (bicyclic) bond motifs is 2. The van der Waals surface area contributed by atoms with Gasteiger partial charge in [-0.05, 0) is 33.4 Å². The van der Waals surface area contributed by atoms with E-state index in [-0.39, 0.29) is 16.9 Å². The summed E-state index contributed by atoms with van der Waals surface area (Å²) in [5.41, 5.74) is -2.29. The maximum Gasteiger partial charge on any atom is 0.328 e. The maximum absolute atomic E-state index is 12.0. The van der Waals surface area contributed by atoms with Crippen molar-refractivity contribution in [2.45, 2.75) is 6.10 Å². The van der Waals surface area contributed by atoms with E-state index in [4.69, 9.17) is 0 Å². The fourth-order valence-electron chi connectivity index (χ4n) is 3.83. The molecule has 0 spiro atoms. The van der Waals surface area contributed by atoms with Crippen molar-refractivity contribution in [3.05, 3.63) is 76.7 Å². The molecule has 0 saturated heterocycles. The highest BCUT2D eigenvalue weighted by Gasteiger charge is 2.54. The quantitative estimate of drug-likeness (QED) is 0.508. The van der Waals surface area contributed by atoms with Gasteiger partial charge >= 0.3 is 11.9 Å². The molecule has 0 aliphatic heterocycles. The van der Waals surface area contributed by atoms with Crippen LogP contribution in [0.2, 0.25) is 0 Å². The number of carbonyl (C=O) groups is 2. The van der Waals surface area contributed by atoms with Crippen LogP contribution in [-0.2, 0) is 9.59 Å². The van der Waals surface area contributed by atoms with Gasteiger partial charge in [0, 0.05) is 11.1 Å². The van der Waals surface area contributed by atoms with Gasteiger partial charge in [-0.25, -0.2) is 0 Å². The third-order valence-electron chi connectivity index (χ3n) is 5.22. The molecule has 140 valence electrons. The van der Waals surface area contributed by atoms with Gasteiger partial charge in [-0.2, -0.15) is 0 Å². The first-order valence-corrected chi connectivity index (χ1v) is 8.56. The lowest BCUT2D eigenvalue weighted by Gasteiger charge is -2.32. The molecule has 4 rings (SSSR count). The van der Waals surface area contributed by atoms with Crippen LogP contribution in [0.4, 0.5) is 0 Å². The predicted octanol–water partition coefficient (Wildman–Crippen LogP) is 1.05. The lowest BCUT2D eigenvalue weighted by atomic mass is 9.72. The molecule has 1 aliphatic rings. The van der Waals surface area contributed by atoms with Crippen molar-refractivity contribution in [3.63, 3.8) is 0 Å². The van der Waals surface area contributed by atoms with E-state index in [1.165, 1.54) is 6.07 Å². The first-order valence-electron chi connectivity index (χ1n) is 8.56. The molecular formula is C22H16O6. The van der Waals surface area contributed by atoms with E-state index in [0.717, 1.165) is 11.5 Å². The Balaban J connectivity index is 2.22. The molecule has 3 aromatic rings. The van der Waals surface area contributed by atoms with Crippen LogP contribution >= 0.6 is 0 Å². The Morgan fingerprint density at radius 1 is 0.857 bits per heavy atom. The average Bonchev–Trinajstić information content (AvgIpc) is 2.68. The fraction of sp³-hybridized carbons (Fsp3) is 0.0909. The summed E-state index contributed by atoms with van der Waals surface area (Å²) >= 11 is 0. The number of rotatable bonds is 3. The molecule has 0 fully saturated rings. The number of aliphatic hydroxyl groups is 1. The number of hydrogen-bond acceptors (Lipinski definition) is 4. The lowest BCUT2D eigenvalue weighted by molar-refractivity contribution is -0.164. The second-order valence-corrected chi connectivity index (χ2v) is 6.71. The van der Waals surface area contributed by atoms with E-state index in [1.54, 1.807) is 42.5 Å². The highest BCUT2D eigenvalue weighted by Crippen LogP contribution is 2.40. The summed E-state index contributed by atoms with van der Waals surface area (Å²) in [5.74, 6) is -3.53. The van der Waals surface area contributed by atoms with Crippen molar-refractivity contribution in [2.75, 3.05) is 0 Å². The SMILES string of the molecule is O=C(O)C1(C(=O)O)C=c2ccccc2=C(c2c(O)ccc3ccccc23)C1O. The van der Waals surface area contributed by atoms with Crippen LogP contribution in [0.25, 0.3) is 22.4 Å². The third kappa shape index (κ3) is 2.32. The Labute approximate surface area is 158 Å². The molecule has 1 aliphatic carbocycles. The van der Waals surface area contributed by atoms with Gasteiger partial charge in [0.15, 0.2) is 0 Å². The molecule has 0 radical (unpaired) electrons. The molecule has 0 aromatic heterocycles. The Morgan fingerprint density at radius 2 is 1.50 bits per heavy atom. The third-order valence-corrected chi connectivity index (χ3v) is 5.22. The van der Waals surface area contributed by atoms with Crippen LogP contribution in [0.1, 0.15) is 5.56 Å². The van der Waals surface area contributed by atoms with Crippen LogP contribution in [0.15, 0.2) is 60.7 Å². The van der Waals surface area contributed by atoms with Crippen LogP contribution in [0, 0.1) is 5.41 Å². The molecule has 1 atom stereocenters. The summed E-state index contributed by atoms with van der Waals surface area (Å²) in [4.78, 5) is 24.0. The van der Waals surface area contributed by atoms with Crippen LogP contribution in [-0.4, -0.2) is 38.5 Å². The molecule has 0 amide bonds. The standard InChI is InChI=1S/C22H16O6/c23-16-10-9-12-5-1-3-7-14(12)17(16)18-15-8-4-2-6-13(15)11-22(19(18)24,20(25)26)21(27)28/h1-11,19,23-24H,(H,25,26)(H,27,28). The van der Waals surface area contributed by atoms with Crippen molar-refractivity contribution in [1.29, 1.82) is 0 Å². The van der Waals surface area contributed by atoms with E-state index >= 15 is 0 Å². The van der Waals surface area contributed by atoms with Crippen molar-refractivity contribution in [1.82, 2.24) is 0 Å². The van der Waals surface area contributed by atoms with E-state index in [9.17, 15) is 30.0 Å². The molecule has 1 unspecified atom stereocenters. The molecule has 3 aromatic carbocycles. The maximum atomic E-state index is 12.0. The summed E-state index contributed by atoms with van der Waals surface area (Å²) < 4.78 is 0. The minimum absolute atomic E-state index is 0.0669. The summed E-state index contributed by atoms with van der Waals surface area (Å²) in [7, 11) is 0.